The van der Waals surface area contributed by atoms with E-state index in [-0.39, 0.29) is 0 Å². The van der Waals surface area contributed by atoms with E-state index in [1.807, 2.05) is 6.92 Å². The molecule has 0 aliphatic carbocycles. The Labute approximate surface area is 136 Å². The van der Waals surface area contributed by atoms with Crippen molar-refractivity contribution >= 4 is 5.96 Å². The number of hydrogen-bond donors (Lipinski definition) is 2. The number of aliphatic imine (C=N–C) groups is 1. The highest BCUT2D eigenvalue weighted by atomic mass is 16.5. The molecular weight excluding hydrogens is 278 g/mol. The van der Waals surface area contributed by atoms with E-state index < -0.39 is 0 Å². The average Bonchev–Trinajstić information content (AvgIpc) is 2.56. The molecule has 6 heteroatoms. The number of guanidine groups is 1. The lowest BCUT2D eigenvalue weighted by molar-refractivity contribution is 0.109. The molecule has 1 saturated heterocycles. The smallest absolute Gasteiger partial charge is 0.191 e. The molecule has 22 heavy (non-hydrogen) atoms. The van der Waals surface area contributed by atoms with Crippen molar-refractivity contribution in [3.63, 3.8) is 0 Å². The number of nitrogens with one attached hydrogen (secondary N) is 2. The van der Waals surface area contributed by atoms with Crippen LogP contribution in [0.15, 0.2) is 4.99 Å². The Kier molecular flexibility index (Phi) is 10.2. The van der Waals surface area contributed by atoms with Gasteiger partial charge >= 0.3 is 0 Å². The topological polar surface area (TPSA) is 52.1 Å². The Morgan fingerprint density at radius 3 is 2.45 bits per heavy atom. The Bertz CT molecular complexity index is 303. The van der Waals surface area contributed by atoms with Crippen molar-refractivity contribution < 1.29 is 4.74 Å². The molecule has 0 saturated carbocycles. The van der Waals surface area contributed by atoms with Gasteiger partial charge in [0.2, 0.25) is 0 Å². The van der Waals surface area contributed by atoms with Gasteiger partial charge in [-0.05, 0) is 27.3 Å². The van der Waals surface area contributed by atoms with Crippen molar-refractivity contribution in [1.82, 2.24) is 20.4 Å². The molecule has 6 nitrogen and oxygen atoms in total. The largest absolute Gasteiger partial charge is 0.380 e. The summed E-state index contributed by atoms with van der Waals surface area (Å²) < 4.78 is 5.35. The zero-order valence-corrected chi connectivity index (χ0v) is 14.9. The van der Waals surface area contributed by atoms with Gasteiger partial charge in [0, 0.05) is 51.9 Å². The lowest BCUT2D eigenvalue weighted by atomic mass is 10.2. The van der Waals surface area contributed by atoms with Gasteiger partial charge in [-0.3, -0.25) is 9.89 Å². The first-order valence-electron chi connectivity index (χ1n) is 8.77. The molecule has 1 rings (SSSR count). The summed E-state index contributed by atoms with van der Waals surface area (Å²) in [6.07, 6.45) is 0. The second-order valence-electron chi connectivity index (χ2n) is 5.66. The monoisotopic (exact) mass is 313 g/mol. The molecule has 1 heterocycles. The fraction of sp³-hybridized carbons (Fsp3) is 0.938. The van der Waals surface area contributed by atoms with Crippen LogP contribution in [0.1, 0.15) is 27.7 Å². The predicted octanol–water partition coefficient (Wildman–Crippen LogP) is 0.604. The maximum absolute atomic E-state index is 5.35. The fourth-order valence-corrected chi connectivity index (χ4v) is 2.59. The van der Waals surface area contributed by atoms with Gasteiger partial charge in [-0.1, -0.05) is 6.92 Å². The number of piperazine rings is 1. The summed E-state index contributed by atoms with van der Waals surface area (Å²) in [7, 11) is 0. The van der Waals surface area contributed by atoms with Crippen molar-refractivity contribution in [2.24, 2.45) is 4.99 Å². The van der Waals surface area contributed by atoms with Gasteiger partial charge < -0.3 is 20.3 Å². The van der Waals surface area contributed by atoms with Crippen LogP contribution in [0.4, 0.5) is 0 Å². The van der Waals surface area contributed by atoms with Crippen LogP contribution in [0.2, 0.25) is 0 Å². The Balaban J connectivity index is 2.34. The molecule has 1 atom stereocenters. The third-order valence-corrected chi connectivity index (χ3v) is 4.08. The summed E-state index contributed by atoms with van der Waals surface area (Å²) in [5.74, 6) is 0.890. The quantitative estimate of drug-likeness (QED) is 0.371. The van der Waals surface area contributed by atoms with Gasteiger partial charge in [0.15, 0.2) is 5.96 Å². The van der Waals surface area contributed by atoms with E-state index in [2.05, 4.69) is 41.2 Å². The van der Waals surface area contributed by atoms with Crippen LogP contribution in [-0.2, 0) is 4.74 Å². The van der Waals surface area contributed by atoms with Crippen LogP contribution in [0.25, 0.3) is 0 Å². The van der Waals surface area contributed by atoms with Crippen LogP contribution in [-0.4, -0.2) is 87.4 Å². The standard InChI is InChI=1S/C16H35N5O/c1-5-17-16(18-8-13-22-7-3)19-14-15(4)21-11-9-20(6-2)10-12-21/h15H,5-14H2,1-4H3,(H2,17,18,19). The molecule has 1 unspecified atom stereocenters. The molecular formula is C16H35N5O. The highest BCUT2D eigenvalue weighted by molar-refractivity contribution is 5.79. The molecule has 2 N–H and O–H groups in total. The zero-order valence-electron chi connectivity index (χ0n) is 14.9. The molecule has 0 amide bonds. The van der Waals surface area contributed by atoms with E-state index in [0.717, 1.165) is 58.4 Å². The molecule has 0 aromatic carbocycles. The van der Waals surface area contributed by atoms with Gasteiger partial charge in [-0.25, -0.2) is 0 Å². The average molecular weight is 313 g/mol. The van der Waals surface area contributed by atoms with Crippen LogP contribution in [0, 0.1) is 0 Å². The first-order valence-corrected chi connectivity index (χ1v) is 8.77. The molecule has 0 spiro atoms. The van der Waals surface area contributed by atoms with Gasteiger partial charge in [0.05, 0.1) is 13.2 Å². The maximum atomic E-state index is 5.35. The van der Waals surface area contributed by atoms with Crippen molar-refractivity contribution in [3.05, 3.63) is 0 Å². The van der Waals surface area contributed by atoms with Crippen LogP contribution < -0.4 is 10.6 Å². The van der Waals surface area contributed by atoms with E-state index in [1.165, 1.54) is 13.1 Å². The van der Waals surface area contributed by atoms with E-state index in [4.69, 9.17) is 9.73 Å². The maximum Gasteiger partial charge on any atom is 0.191 e. The van der Waals surface area contributed by atoms with Crippen LogP contribution in [0.3, 0.4) is 0 Å². The minimum absolute atomic E-state index is 0.487. The lowest BCUT2D eigenvalue weighted by Gasteiger charge is -2.37. The number of hydrogen-bond acceptors (Lipinski definition) is 4. The number of likely N-dealkylation sites (N-methyl/N-ethyl adjacent to an activating group) is 1. The van der Waals surface area contributed by atoms with Gasteiger partial charge in [0.25, 0.3) is 0 Å². The Morgan fingerprint density at radius 1 is 1.14 bits per heavy atom. The van der Waals surface area contributed by atoms with Crippen molar-refractivity contribution in [2.75, 3.05) is 65.6 Å². The molecule has 0 aromatic heterocycles. The molecule has 130 valence electrons. The van der Waals surface area contributed by atoms with Crippen molar-refractivity contribution in [3.8, 4) is 0 Å². The summed E-state index contributed by atoms with van der Waals surface area (Å²) >= 11 is 0. The molecule has 1 fully saturated rings. The fourth-order valence-electron chi connectivity index (χ4n) is 2.59. The zero-order chi connectivity index (χ0) is 16.2. The molecule has 0 aromatic rings. The number of ether oxygens (including phenoxy) is 1. The van der Waals surface area contributed by atoms with Gasteiger partial charge in [-0.2, -0.15) is 0 Å². The molecule has 0 radical (unpaired) electrons. The van der Waals surface area contributed by atoms with E-state index in [1.54, 1.807) is 0 Å². The summed E-state index contributed by atoms with van der Waals surface area (Å²) in [5.41, 5.74) is 0. The first kappa shape index (κ1) is 19.2. The Morgan fingerprint density at radius 2 is 1.86 bits per heavy atom. The van der Waals surface area contributed by atoms with Crippen LogP contribution >= 0.6 is 0 Å². The van der Waals surface area contributed by atoms with Gasteiger partial charge in [-0.15, -0.1) is 0 Å². The predicted molar refractivity (Wildman–Crippen MR) is 93.6 cm³/mol. The molecule has 0 bridgehead atoms. The van der Waals surface area contributed by atoms with Crippen molar-refractivity contribution in [2.45, 2.75) is 33.7 Å². The SMILES string of the molecule is CCNC(=NCC(C)N1CCN(CC)CC1)NCCOCC. The number of nitrogens with zero attached hydrogens (tertiary/aromatic N) is 3. The van der Waals surface area contributed by atoms with E-state index >= 15 is 0 Å². The second-order valence-corrected chi connectivity index (χ2v) is 5.66. The summed E-state index contributed by atoms with van der Waals surface area (Å²) in [4.78, 5) is 9.76. The third-order valence-electron chi connectivity index (χ3n) is 4.08. The second kappa shape index (κ2) is 11.7. The van der Waals surface area contributed by atoms with Gasteiger partial charge in [0.1, 0.15) is 0 Å². The van der Waals surface area contributed by atoms with E-state index in [0.29, 0.717) is 6.04 Å². The summed E-state index contributed by atoms with van der Waals surface area (Å²) in [6, 6.07) is 0.487. The first-order chi connectivity index (χ1) is 10.7. The normalized spacial score (nSPS) is 19.2. The van der Waals surface area contributed by atoms with Crippen molar-refractivity contribution in [1.29, 1.82) is 0 Å². The lowest BCUT2D eigenvalue weighted by Crippen LogP contribution is -2.50. The molecule has 1 aliphatic rings. The third kappa shape index (κ3) is 7.42. The molecule has 1 aliphatic heterocycles. The highest BCUT2D eigenvalue weighted by Gasteiger charge is 2.19. The minimum atomic E-state index is 0.487. The van der Waals surface area contributed by atoms with Crippen LogP contribution in [0.5, 0.6) is 0 Å². The highest BCUT2D eigenvalue weighted by Crippen LogP contribution is 2.06. The van der Waals surface area contributed by atoms with E-state index in [9.17, 15) is 0 Å². The summed E-state index contributed by atoms with van der Waals surface area (Å²) in [6.45, 7) is 18.4. The summed E-state index contributed by atoms with van der Waals surface area (Å²) in [5, 5.41) is 6.61. The minimum Gasteiger partial charge on any atom is -0.380 e. The Hall–Kier alpha value is -0.850. The number of rotatable bonds is 9.